The number of hydrogen-bond acceptors (Lipinski definition) is 3. The van der Waals surface area contributed by atoms with Crippen molar-refractivity contribution in [3.63, 3.8) is 0 Å². The molecular weight excluding hydrogens is 227 g/mol. The van der Waals surface area contributed by atoms with E-state index in [9.17, 15) is 19.1 Å². The molecule has 5 nitrogen and oxygen atoms in total. The van der Waals surface area contributed by atoms with Gasteiger partial charge in [0.25, 0.3) is 5.91 Å². The molecular formula is C11H13FN2O3. The summed E-state index contributed by atoms with van der Waals surface area (Å²) in [6, 6.07) is 3.09. The molecule has 0 aliphatic rings. The lowest BCUT2D eigenvalue weighted by molar-refractivity contribution is -0.120. The van der Waals surface area contributed by atoms with Crippen LogP contribution in [0.1, 0.15) is 16.8 Å². The van der Waals surface area contributed by atoms with E-state index in [0.717, 1.165) is 18.2 Å². The molecule has 0 bridgehead atoms. The van der Waals surface area contributed by atoms with E-state index in [4.69, 9.17) is 0 Å². The number of carbonyl (C=O) groups excluding carboxylic acids is 2. The number of nitrogens with one attached hydrogen (secondary N) is 2. The lowest BCUT2D eigenvalue weighted by atomic mass is 10.2. The van der Waals surface area contributed by atoms with Crippen LogP contribution in [-0.4, -0.2) is 30.5 Å². The number of phenolic OH excluding ortho intramolecular Hbond substituents is 1. The summed E-state index contributed by atoms with van der Waals surface area (Å²) >= 11 is 0. The molecule has 0 fully saturated rings. The topological polar surface area (TPSA) is 78.4 Å². The molecule has 0 unspecified atom stereocenters. The van der Waals surface area contributed by atoms with Gasteiger partial charge in [0.1, 0.15) is 11.6 Å². The van der Waals surface area contributed by atoms with Gasteiger partial charge in [-0.2, -0.15) is 0 Å². The Kier molecular flexibility index (Phi) is 4.45. The van der Waals surface area contributed by atoms with Crippen molar-refractivity contribution in [2.75, 3.05) is 13.6 Å². The summed E-state index contributed by atoms with van der Waals surface area (Å²) in [6.45, 7) is 0.120. The summed E-state index contributed by atoms with van der Waals surface area (Å²) < 4.78 is 12.9. The Morgan fingerprint density at radius 3 is 2.76 bits per heavy atom. The predicted molar refractivity (Wildman–Crippen MR) is 59.1 cm³/mol. The van der Waals surface area contributed by atoms with E-state index in [2.05, 4.69) is 10.6 Å². The molecule has 1 rings (SSSR count). The van der Waals surface area contributed by atoms with Gasteiger partial charge in [-0.1, -0.05) is 0 Å². The van der Waals surface area contributed by atoms with Gasteiger partial charge in [-0.15, -0.1) is 0 Å². The molecule has 6 heteroatoms. The number of amides is 2. The van der Waals surface area contributed by atoms with Crippen molar-refractivity contribution in [1.82, 2.24) is 10.6 Å². The predicted octanol–water partition coefficient (Wildman–Crippen LogP) is 0.397. The molecule has 92 valence electrons. The number of hydrogen-bond donors (Lipinski definition) is 3. The molecule has 0 saturated carbocycles. The lowest BCUT2D eigenvalue weighted by Gasteiger charge is -2.06. The highest BCUT2D eigenvalue weighted by atomic mass is 19.1. The highest BCUT2D eigenvalue weighted by Crippen LogP contribution is 2.17. The van der Waals surface area contributed by atoms with E-state index in [1.165, 1.54) is 7.05 Å². The fourth-order valence-corrected chi connectivity index (χ4v) is 1.20. The Bertz CT molecular complexity index is 435. The Hall–Kier alpha value is -2.11. The van der Waals surface area contributed by atoms with Gasteiger partial charge in [0.05, 0.1) is 5.56 Å². The van der Waals surface area contributed by atoms with Crippen LogP contribution >= 0.6 is 0 Å². The Balaban J connectivity index is 2.58. The Labute approximate surface area is 97.6 Å². The minimum Gasteiger partial charge on any atom is -0.507 e. The number of aromatic hydroxyl groups is 1. The molecule has 3 N–H and O–H groups in total. The fraction of sp³-hybridized carbons (Fsp3) is 0.273. The number of carbonyl (C=O) groups is 2. The minimum atomic E-state index is -0.620. The third-order valence-electron chi connectivity index (χ3n) is 2.12. The van der Waals surface area contributed by atoms with Gasteiger partial charge in [-0.05, 0) is 18.2 Å². The van der Waals surface area contributed by atoms with Gasteiger partial charge in [-0.3, -0.25) is 9.59 Å². The number of rotatable bonds is 4. The van der Waals surface area contributed by atoms with Gasteiger partial charge in [-0.25, -0.2) is 4.39 Å². The second-order valence-corrected chi connectivity index (χ2v) is 3.34. The summed E-state index contributed by atoms with van der Waals surface area (Å²) in [6.07, 6.45) is 0.123. The molecule has 0 heterocycles. The molecule has 1 aromatic carbocycles. The van der Waals surface area contributed by atoms with Crippen molar-refractivity contribution in [3.05, 3.63) is 29.6 Å². The first kappa shape index (κ1) is 13.0. The van der Waals surface area contributed by atoms with Crippen molar-refractivity contribution >= 4 is 11.8 Å². The summed E-state index contributed by atoms with van der Waals surface area (Å²) in [4.78, 5) is 22.4. The van der Waals surface area contributed by atoms with Gasteiger partial charge < -0.3 is 15.7 Å². The number of phenols is 1. The maximum Gasteiger partial charge on any atom is 0.255 e. The van der Waals surface area contributed by atoms with Crippen LogP contribution in [0.3, 0.4) is 0 Å². The van der Waals surface area contributed by atoms with Gasteiger partial charge in [0.15, 0.2) is 0 Å². The van der Waals surface area contributed by atoms with E-state index < -0.39 is 11.7 Å². The molecule has 1 aromatic rings. The molecule has 0 spiro atoms. The van der Waals surface area contributed by atoms with Crippen LogP contribution in [0, 0.1) is 5.82 Å². The van der Waals surface area contributed by atoms with E-state index in [1.54, 1.807) is 0 Å². The molecule has 0 aromatic heterocycles. The van der Waals surface area contributed by atoms with Crippen molar-refractivity contribution in [2.24, 2.45) is 0 Å². The molecule has 0 atom stereocenters. The highest BCUT2D eigenvalue weighted by Gasteiger charge is 2.11. The van der Waals surface area contributed by atoms with Crippen LogP contribution in [0.5, 0.6) is 5.75 Å². The summed E-state index contributed by atoms with van der Waals surface area (Å²) in [5.74, 6) is -1.75. The second kappa shape index (κ2) is 5.83. The van der Waals surface area contributed by atoms with E-state index in [-0.39, 0.29) is 30.2 Å². The van der Waals surface area contributed by atoms with Gasteiger partial charge >= 0.3 is 0 Å². The Morgan fingerprint density at radius 2 is 2.12 bits per heavy atom. The first-order valence-corrected chi connectivity index (χ1v) is 5.02. The first-order valence-electron chi connectivity index (χ1n) is 5.02. The average molecular weight is 240 g/mol. The van der Waals surface area contributed by atoms with Crippen molar-refractivity contribution < 1.29 is 19.1 Å². The first-order chi connectivity index (χ1) is 8.04. The monoisotopic (exact) mass is 240 g/mol. The smallest absolute Gasteiger partial charge is 0.255 e. The summed E-state index contributed by atoms with van der Waals surface area (Å²) in [7, 11) is 1.49. The van der Waals surface area contributed by atoms with Crippen LogP contribution in [0.25, 0.3) is 0 Å². The molecule has 2 amide bonds. The maximum atomic E-state index is 12.9. The van der Waals surface area contributed by atoms with Crippen LogP contribution in [0.15, 0.2) is 18.2 Å². The minimum absolute atomic E-state index is 0.120. The molecule has 0 radical (unpaired) electrons. The van der Waals surface area contributed by atoms with E-state index in [0.29, 0.717) is 0 Å². The Morgan fingerprint density at radius 1 is 1.41 bits per heavy atom. The zero-order chi connectivity index (χ0) is 12.8. The van der Waals surface area contributed by atoms with Crippen LogP contribution in [0.4, 0.5) is 4.39 Å². The van der Waals surface area contributed by atoms with Crippen molar-refractivity contribution in [2.45, 2.75) is 6.42 Å². The maximum absolute atomic E-state index is 12.9. The van der Waals surface area contributed by atoms with E-state index in [1.807, 2.05) is 0 Å². The quantitative estimate of drug-likeness (QED) is 0.712. The zero-order valence-corrected chi connectivity index (χ0v) is 9.29. The van der Waals surface area contributed by atoms with Gasteiger partial charge in [0, 0.05) is 20.0 Å². The van der Waals surface area contributed by atoms with Crippen molar-refractivity contribution in [1.29, 1.82) is 0 Å². The van der Waals surface area contributed by atoms with Crippen LogP contribution in [0.2, 0.25) is 0 Å². The average Bonchev–Trinajstić information content (AvgIpc) is 2.31. The summed E-state index contributed by atoms with van der Waals surface area (Å²) in [5, 5.41) is 14.2. The SMILES string of the molecule is CNC(=O)CCNC(=O)c1cc(F)ccc1O. The van der Waals surface area contributed by atoms with Crippen molar-refractivity contribution in [3.8, 4) is 5.75 Å². The second-order valence-electron chi connectivity index (χ2n) is 3.34. The number of halogens is 1. The molecule has 17 heavy (non-hydrogen) atoms. The lowest BCUT2D eigenvalue weighted by Crippen LogP contribution is -2.29. The van der Waals surface area contributed by atoms with Crippen LogP contribution < -0.4 is 10.6 Å². The molecule has 0 aliphatic heterocycles. The molecule has 0 saturated heterocycles. The molecule has 0 aliphatic carbocycles. The normalized spacial score (nSPS) is 9.76. The highest BCUT2D eigenvalue weighted by molar-refractivity contribution is 5.96. The standard InChI is InChI=1S/C11H13FN2O3/c1-13-10(16)4-5-14-11(17)8-6-7(12)2-3-9(8)15/h2-3,6,15H,4-5H2,1H3,(H,13,16)(H,14,17). The van der Waals surface area contributed by atoms with Crippen LogP contribution in [-0.2, 0) is 4.79 Å². The largest absolute Gasteiger partial charge is 0.507 e. The van der Waals surface area contributed by atoms with Gasteiger partial charge in [0.2, 0.25) is 5.91 Å². The number of benzene rings is 1. The zero-order valence-electron chi connectivity index (χ0n) is 9.29. The summed E-state index contributed by atoms with van der Waals surface area (Å²) in [5.41, 5.74) is -0.151. The fourth-order valence-electron chi connectivity index (χ4n) is 1.20. The van der Waals surface area contributed by atoms with E-state index >= 15 is 0 Å². The third-order valence-corrected chi connectivity index (χ3v) is 2.12. The third kappa shape index (κ3) is 3.75.